The zero-order valence-electron chi connectivity index (χ0n) is 12.2. The van der Waals surface area contributed by atoms with Gasteiger partial charge in [-0.3, -0.25) is 0 Å². The fourth-order valence-corrected chi connectivity index (χ4v) is 2.92. The highest BCUT2D eigenvalue weighted by atomic mass is 35.5. The quantitative estimate of drug-likeness (QED) is 0.921. The Morgan fingerprint density at radius 1 is 1.40 bits per heavy atom. The van der Waals surface area contributed by atoms with Gasteiger partial charge in [0.05, 0.1) is 5.02 Å². The summed E-state index contributed by atoms with van der Waals surface area (Å²) in [7, 11) is 1.98. The molecule has 20 heavy (non-hydrogen) atoms. The summed E-state index contributed by atoms with van der Waals surface area (Å²) < 4.78 is 0. The maximum atomic E-state index is 11.1. The van der Waals surface area contributed by atoms with Crippen molar-refractivity contribution < 1.29 is 9.90 Å². The summed E-state index contributed by atoms with van der Waals surface area (Å²) in [6.07, 6.45) is 4.58. The Hall–Kier alpha value is -1.29. The van der Waals surface area contributed by atoms with Gasteiger partial charge in [0, 0.05) is 13.1 Å². The van der Waals surface area contributed by atoms with Crippen LogP contribution in [0.2, 0.25) is 5.02 Å². The van der Waals surface area contributed by atoms with E-state index in [-0.39, 0.29) is 10.7 Å². The Labute approximate surface area is 124 Å². The molecule has 1 fully saturated rings. The van der Waals surface area contributed by atoms with E-state index in [9.17, 15) is 4.79 Å². The minimum Gasteiger partial charge on any atom is -0.476 e. The maximum Gasteiger partial charge on any atom is 0.356 e. The zero-order valence-corrected chi connectivity index (χ0v) is 12.9. The summed E-state index contributed by atoms with van der Waals surface area (Å²) in [6.45, 7) is 4.60. The van der Waals surface area contributed by atoms with Gasteiger partial charge in [0.1, 0.15) is 5.82 Å². The molecule has 1 N–H and O–H groups in total. The van der Waals surface area contributed by atoms with Crippen LogP contribution >= 0.6 is 11.6 Å². The van der Waals surface area contributed by atoms with Crippen LogP contribution in [0.5, 0.6) is 0 Å². The van der Waals surface area contributed by atoms with Gasteiger partial charge in [-0.25, -0.2) is 9.78 Å². The van der Waals surface area contributed by atoms with Crippen LogP contribution in [-0.2, 0) is 0 Å². The van der Waals surface area contributed by atoms with Crippen LogP contribution in [0.4, 0.5) is 5.82 Å². The molecule has 4 nitrogen and oxygen atoms in total. The number of hydrogen-bond donors (Lipinski definition) is 1. The van der Waals surface area contributed by atoms with Crippen molar-refractivity contribution in [3.63, 3.8) is 0 Å². The second kappa shape index (κ2) is 5.60. The Bertz CT molecular complexity index is 507. The molecule has 0 spiro atoms. The normalized spacial score (nSPS) is 18.8. The summed E-state index contributed by atoms with van der Waals surface area (Å²) in [5.74, 6) is -0.411. The number of carbonyl (C=O) groups is 1. The number of pyridine rings is 1. The van der Waals surface area contributed by atoms with Crippen LogP contribution in [0, 0.1) is 5.41 Å². The van der Waals surface area contributed by atoms with Crippen LogP contribution < -0.4 is 4.90 Å². The lowest BCUT2D eigenvalue weighted by atomic mass is 9.75. The zero-order chi connectivity index (χ0) is 14.9. The first kappa shape index (κ1) is 15.1. The number of halogens is 1. The number of carboxylic acid groups (broad SMARTS) is 1. The lowest BCUT2D eigenvalue weighted by Gasteiger charge is -2.39. The third-order valence-electron chi connectivity index (χ3n) is 4.25. The van der Waals surface area contributed by atoms with E-state index in [4.69, 9.17) is 16.7 Å². The molecular weight excluding hydrogens is 276 g/mol. The van der Waals surface area contributed by atoms with Crippen molar-refractivity contribution in [1.29, 1.82) is 0 Å². The molecule has 1 aliphatic rings. The molecule has 1 aliphatic carbocycles. The van der Waals surface area contributed by atoms with E-state index < -0.39 is 5.97 Å². The molecule has 0 atom stereocenters. The second-order valence-corrected chi connectivity index (χ2v) is 6.72. The van der Waals surface area contributed by atoms with Gasteiger partial charge in [0.2, 0.25) is 0 Å². The molecule has 0 saturated heterocycles. The Morgan fingerprint density at radius 2 is 2.00 bits per heavy atom. The molecule has 1 aromatic rings. The van der Waals surface area contributed by atoms with Gasteiger partial charge in [-0.05, 0) is 43.2 Å². The highest BCUT2D eigenvalue weighted by molar-refractivity contribution is 6.33. The number of aromatic carboxylic acids is 1. The van der Waals surface area contributed by atoms with Crippen molar-refractivity contribution >= 4 is 23.4 Å². The number of hydrogen-bond acceptors (Lipinski definition) is 3. The fraction of sp³-hybridized carbons (Fsp3) is 0.600. The Morgan fingerprint density at radius 3 is 2.55 bits per heavy atom. The average Bonchev–Trinajstić information content (AvgIpc) is 2.38. The summed E-state index contributed by atoms with van der Waals surface area (Å²) in [4.78, 5) is 17.4. The number of rotatable bonds is 3. The minimum atomic E-state index is -1.09. The molecule has 0 radical (unpaired) electrons. The van der Waals surface area contributed by atoms with Crippen molar-refractivity contribution in [1.82, 2.24) is 4.98 Å². The van der Waals surface area contributed by atoms with E-state index >= 15 is 0 Å². The molecular formula is C15H21ClN2O2. The number of anilines is 1. The summed E-state index contributed by atoms with van der Waals surface area (Å²) in [6, 6.07) is 3.81. The highest BCUT2D eigenvalue weighted by Gasteiger charge is 2.29. The van der Waals surface area contributed by atoms with Gasteiger partial charge in [-0.2, -0.15) is 0 Å². The average molecular weight is 297 g/mol. The molecule has 110 valence electrons. The second-order valence-electron chi connectivity index (χ2n) is 6.31. The van der Waals surface area contributed by atoms with Crippen molar-refractivity contribution in [2.45, 2.75) is 45.6 Å². The standard InChI is InChI=1S/C15H21ClN2O2/c1-15(2)8-6-10(7-9-15)18(3)12-5-4-11(16)13(17-12)14(19)20/h4-5,10H,6-9H2,1-3H3,(H,19,20). The molecule has 1 aromatic heterocycles. The molecule has 1 saturated carbocycles. The third kappa shape index (κ3) is 3.23. The number of nitrogens with zero attached hydrogens (tertiary/aromatic N) is 2. The number of aromatic nitrogens is 1. The lowest BCUT2D eigenvalue weighted by Crippen LogP contribution is -2.37. The maximum absolute atomic E-state index is 11.1. The first-order chi connectivity index (χ1) is 9.30. The molecule has 0 bridgehead atoms. The van der Waals surface area contributed by atoms with Crippen molar-refractivity contribution in [3.8, 4) is 0 Å². The molecule has 0 aromatic carbocycles. The third-order valence-corrected chi connectivity index (χ3v) is 4.56. The van der Waals surface area contributed by atoms with Crippen LogP contribution in [-0.4, -0.2) is 29.1 Å². The summed E-state index contributed by atoms with van der Waals surface area (Å²) in [5, 5.41) is 9.27. The van der Waals surface area contributed by atoms with Crippen LogP contribution in [0.25, 0.3) is 0 Å². The van der Waals surface area contributed by atoms with Crippen molar-refractivity contribution in [2.24, 2.45) is 5.41 Å². The van der Waals surface area contributed by atoms with Crippen LogP contribution in [0.15, 0.2) is 12.1 Å². The first-order valence-electron chi connectivity index (χ1n) is 6.93. The molecule has 0 amide bonds. The van der Waals surface area contributed by atoms with Crippen LogP contribution in [0.3, 0.4) is 0 Å². The largest absolute Gasteiger partial charge is 0.476 e. The fourth-order valence-electron chi connectivity index (χ4n) is 2.74. The van der Waals surface area contributed by atoms with Crippen molar-refractivity contribution in [2.75, 3.05) is 11.9 Å². The predicted molar refractivity (Wildman–Crippen MR) is 80.6 cm³/mol. The lowest BCUT2D eigenvalue weighted by molar-refractivity contribution is 0.0691. The predicted octanol–water partition coefficient (Wildman–Crippen LogP) is 3.84. The summed E-state index contributed by atoms with van der Waals surface area (Å²) >= 11 is 5.86. The highest BCUT2D eigenvalue weighted by Crippen LogP contribution is 2.37. The summed E-state index contributed by atoms with van der Waals surface area (Å²) in [5.41, 5.74) is 0.337. The van der Waals surface area contributed by atoms with Gasteiger partial charge < -0.3 is 10.0 Å². The topological polar surface area (TPSA) is 53.4 Å². The smallest absolute Gasteiger partial charge is 0.356 e. The van der Waals surface area contributed by atoms with E-state index in [0.717, 1.165) is 12.8 Å². The molecule has 5 heteroatoms. The molecule has 0 aliphatic heterocycles. The van der Waals surface area contributed by atoms with E-state index in [1.165, 1.54) is 12.8 Å². The Balaban J connectivity index is 2.15. The molecule has 0 unspecified atom stereocenters. The van der Waals surface area contributed by atoms with E-state index in [1.807, 2.05) is 7.05 Å². The van der Waals surface area contributed by atoms with Gasteiger partial charge in [0.25, 0.3) is 0 Å². The van der Waals surface area contributed by atoms with Gasteiger partial charge in [-0.15, -0.1) is 0 Å². The van der Waals surface area contributed by atoms with Gasteiger partial charge >= 0.3 is 5.97 Å². The van der Waals surface area contributed by atoms with Gasteiger partial charge in [-0.1, -0.05) is 25.4 Å². The SMILES string of the molecule is CN(c1ccc(Cl)c(C(=O)O)n1)C1CCC(C)(C)CC1. The van der Waals surface area contributed by atoms with E-state index in [0.29, 0.717) is 17.3 Å². The minimum absolute atomic E-state index is 0.0767. The molecule has 1 heterocycles. The first-order valence-corrected chi connectivity index (χ1v) is 7.31. The molecule has 2 rings (SSSR count). The Kier molecular flexibility index (Phi) is 4.23. The van der Waals surface area contributed by atoms with Gasteiger partial charge in [0.15, 0.2) is 5.69 Å². The monoisotopic (exact) mass is 296 g/mol. The van der Waals surface area contributed by atoms with E-state index in [2.05, 4.69) is 23.7 Å². The van der Waals surface area contributed by atoms with E-state index in [1.54, 1.807) is 12.1 Å². The number of carboxylic acids is 1. The van der Waals surface area contributed by atoms with Crippen molar-refractivity contribution in [3.05, 3.63) is 22.8 Å². The van der Waals surface area contributed by atoms with Crippen LogP contribution in [0.1, 0.15) is 50.0 Å².